The van der Waals surface area contributed by atoms with Crippen LogP contribution in [0.25, 0.3) is 0 Å². The molecule has 6 rings (SSSR count). The van der Waals surface area contributed by atoms with Crippen LogP contribution >= 0.6 is 21.6 Å². The van der Waals surface area contributed by atoms with Gasteiger partial charge in [-0.15, -0.1) is 0 Å². The highest BCUT2D eigenvalue weighted by Gasteiger charge is 2.49. The summed E-state index contributed by atoms with van der Waals surface area (Å²) in [5, 5.41) is 14.7. The predicted molar refractivity (Wildman–Crippen MR) is 213 cm³/mol. The number of benzene rings is 4. The van der Waals surface area contributed by atoms with Gasteiger partial charge in [-0.3, -0.25) is 19.7 Å². The number of hydrogen-bond donors (Lipinski definition) is 3. The number of anilines is 1. The largest absolute Gasteiger partial charge is 0.497 e. The summed E-state index contributed by atoms with van der Waals surface area (Å²) in [6.07, 6.45) is -4.96. The van der Waals surface area contributed by atoms with Gasteiger partial charge in [-0.2, -0.15) is 0 Å². The molecule has 1 fully saturated rings. The minimum Gasteiger partial charge on any atom is -0.497 e. The first kappa shape index (κ1) is 39.7. The lowest BCUT2D eigenvalue weighted by atomic mass is 9.80. The van der Waals surface area contributed by atoms with Crippen molar-refractivity contribution in [1.29, 1.82) is 0 Å². The zero-order chi connectivity index (χ0) is 39.2. The number of rotatable bonds is 13. The van der Waals surface area contributed by atoms with Crippen LogP contribution < -0.4 is 26.0 Å². The second-order valence-corrected chi connectivity index (χ2v) is 16.7. The summed E-state index contributed by atoms with van der Waals surface area (Å²) < 4.78 is 31.1. The molecule has 5 aromatic rings. The number of aromatic nitrogens is 2. The van der Waals surface area contributed by atoms with Gasteiger partial charge in [0, 0.05) is 21.9 Å². The van der Waals surface area contributed by atoms with E-state index < -0.39 is 47.5 Å². The molecule has 2 heterocycles. The standard InChI is InChI=1S/C41H43N3O9S2/c1-40(2,3)55-54-33-14-10-9-13-31(33)42-39(48)53-36-35(46)32(52-37(36)44-24-23-34(45)43-38(44)47)25-51-41(26-11-7-6-8-12-26,27-15-19-29(49-4)20-16-27)28-17-21-30(50-5)22-18-28/h6-24,32,35-37,46H,25H2,1-5H3,(H,42,48)(H,43,45,47)/t32-,35-,36-,37-/m1/s1. The van der Waals surface area contributed by atoms with Crippen molar-refractivity contribution in [3.05, 3.63) is 153 Å². The molecule has 1 aromatic heterocycles. The maximum Gasteiger partial charge on any atom is 0.412 e. The molecule has 4 aromatic carbocycles. The molecule has 3 N–H and O–H groups in total. The van der Waals surface area contributed by atoms with E-state index in [1.54, 1.807) is 37.1 Å². The van der Waals surface area contributed by atoms with Gasteiger partial charge < -0.3 is 28.8 Å². The summed E-state index contributed by atoms with van der Waals surface area (Å²) in [7, 11) is 6.33. The van der Waals surface area contributed by atoms with Crippen molar-refractivity contribution < 1.29 is 33.6 Å². The summed E-state index contributed by atoms with van der Waals surface area (Å²) in [4.78, 5) is 41.6. The molecular weight excluding hydrogens is 743 g/mol. The molecule has 1 saturated heterocycles. The maximum atomic E-state index is 13.6. The fourth-order valence-electron chi connectivity index (χ4n) is 6.19. The highest BCUT2D eigenvalue weighted by molar-refractivity contribution is 8.77. The van der Waals surface area contributed by atoms with Crippen LogP contribution in [0.2, 0.25) is 0 Å². The van der Waals surface area contributed by atoms with Gasteiger partial charge in [0.05, 0.1) is 26.5 Å². The lowest BCUT2D eigenvalue weighted by Gasteiger charge is -2.37. The Morgan fingerprint density at radius 1 is 0.836 bits per heavy atom. The Kier molecular flexibility index (Phi) is 12.4. The van der Waals surface area contributed by atoms with E-state index in [1.165, 1.54) is 17.0 Å². The molecule has 0 bridgehead atoms. The second-order valence-electron chi connectivity index (χ2n) is 13.7. The van der Waals surface area contributed by atoms with E-state index in [0.717, 1.165) is 32.2 Å². The van der Waals surface area contributed by atoms with Crippen molar-refractivity contribution in [3.8, 4) is 11.5 Å². The van der Waals surface area contributed by atoms with E-state index in [1.807, 2.05) is 91.0 Å². The fraction of sp³-hybridized carbons (Fsp3) is 0.293. The monoisotopic (exact) mass is 785 g/mol. The van der Waals surface area contributed by atoms with Gasteiger partial charge in [-0.1, -0.05) is 109 Å². The third kappa shape index (κ3) is 9.11. The van der Waals surface area contributed by atoms with Gasteiger partial charge >= 0.3 is 11.8 Å². The van der Waals surface area contributed by atoms with Crippen LogP contribution in [0, 0.1) is 0 Å². The number of nitrogens with one attached hydrogen (secondary N) is 2. The summed E-state index contributed by atoms with van der Waals surface area (Å²) in [5.74, 6) is 1.30. The van der Waals surface area contributed by atoms with E-state index in [-0.39, 0.29) is 11.4 Å². The number of carbonyl (C=O) groups excluding carboxylic acids is 1. The van der Waals surface area contributed by atoms with Gasteiger partial charge in [0.25, 0.3) is 5.56 Å². The number of hydrogen-bond acceptors (Lipinski definition) is 11. The zero-order valence-electron chi connectivity index (χ0n) is 31.0. The highest BCUT2D eigenvalue weighted by atomic mass is 33.1. The molecule has 0 spiro atoms. The summed E-state index contributed by atoms with van der Waals surface area (Å²) in [5.41, 5.74) is 0.0972. The Balaban J connectivity index is 1.34. The normalized spacial score (nSPS) is 18.4. The van der Waals surface area contributed by atoms with E-state index in [4.69, 9.17) is 23.7 Å². The first-order chi connectivity index (χ1) is 26.4. The van der Waals surface area contributed by atoms with Crippen molar-refractivity contribution in [2.24, 2.45) is 0 Å². The number of para-hydroxylation sites is 1. The van der Waals surface area contributed by atoms with Crippen LogP contribution in [0.5, 0.6) is 11.5 Å². The van der Waals surface area contributed by atoms with Crippen molar-refractivity contribution in [2.75, 3.05) is 26.1 Å². The van der Waals surface area contributed by atoms with E-state index in [9.17, 15) is 19.5 Å². The summed E-state index contributed by atoms with van der Waals surface area (Å²) in [6.45, 7) is 6.04. The summed E-state index contributed by atoms with van der Waals surface area (Å²) in [6, 6.07) is 33.0. The predicted octanol–water partition coefficient (Wildman–Crippen LogP) is 6.98. The molecule has 1 aliphatic rings. The Labute approximate surface area is 326 Å². The Bertz CT molecular complexity index is 2120. The number of amides is 1. The van der Waals surface area contributed by atoms with Crippen LogP contribution in [0.15, 0.2) is 130 Å². The minimum atomic E-state index is -1.48. The molecule has 12 nitrogen and oxygen atoms in total. The van der Waals surface area contributed by atoms with Crippen molar-refractivity contribution >= 4 is 33.4 Å². The molecule has 14 heteroatoms. The molecule has 4 atom stereocenters. The van der Waals surface area contributed by atoms with Crippen molar-refractivity contribution in [2.45, 2.75) is 60.6 Å². The smallest absolute Gasteiger partial charge is 0.412 e. The van der Waals surface area contributed by atoms with Crippen LogP contribution in [0.3, 0.4) is 0 Å². The van der Waals surface area contributed by atoms with Gasteiger partial charge in [0.15, 0.2) is 12.3 Å². The molecule has 0 saturated carbocycles. The lowest BCUT2D eigenvalue weighted by molar-refractivity contribution is -0.0959. The Morgan fingerprint density at radius 3 is 2.00 bits per heavy atom. The highest BCUT2D eigenvalue weighted by Crippen LogP contribution is 2.44. The number of methoxy groups -OCH3 is 2. The number of aliphatic hydroxyl groups is 1. The molecule has 0 radical (unpaired) electrons. The molecule has 288 valence electrons. The van der Waals surface area contributed by atoms with Gasteiger partial charge in [0.1, 0.15) is 29.3 Å². The quantitative estimate of drug-likeness (QED) is 0.0839. The summed E-state index contributed by atoms with van der Waals surface area (Å²) >= 11 is 0. The van der Waals surface area contributed by atoms with Gasteiger partial charge in [-0.25, -0.2) is 9.59 Å². The Morgan fingerprint density at radius 2 is 1.42 bits per heavy atom. The van der Waals surface area contributed by atoms with Crippen LogP contribution in [-0.2, 0) is 19.8 Å². The second kappa shape index (κ2) is 17.2. The molecule has 0 aliphatic carbocycles. The third-order valence-electron chi connectivity index (χ3n) is 8.82. The number of nitrogens with zero attached hydrogens (tertiary/aromatic N) is 1. The number of H-pyrrole nitrogens is 1. The molecule has 55 heavy (non-hydrogen) atoms. The topological polar surface area (TPSA) is 150 Å². The SMILES string of the molecule is COc1ccc(C(OC[C@H]2O[C@@H](n3ccc(=O)[nH]c3=O)[C@H](OC(=O)Nc3ccccc3SSC(C)(C)C)[C@@H]2O)(c2ccccc2)c2ccc(OC)cc2)cc1. The molecular formula is C41H43N3O9S2. The van der Waals surface area contributed by atoms with Crippen molar-refractivity contribution in [3.63, 3.8) is 0 Å². The van der Waals surface area contributed by atoms with Crippen molar-refractivity contribution in [1.82, 2.24) is 9.55 Å². The minimum absolute atomic E-state index is 0.0450. The number of ether oxygens (including phenoxy) is 5. The number of aromatic amines is 1. The van der Waals surface area contributed by atoms with Crippen LogP contribution in [-0.4, -0.2) is 64.6 Å². The van der Waals surface area contributed by atoms with Gasteiger partial charge in [0.2, 0.25) is 0 Å². The third-order valence-corrected chi connectivity index (χ3v) is 12.2. The first-order valence-corrected chi connectivity index (χ1v) is 19.6. The van der Waals surface area contributed by atoms with E-state index in [2.05, 4.69) is 31.1 Å². The number of aliphatic hydroxyl groups excluding tert-OH is 1. The average molecular weight is 786 g/mol. The van der Waals surface area contributed by atoms with Crippen LogP contribution in [0.1, 0.15) is 43.7 Å². The van der Waals surface area contributed by atoms with Crippen LogP contribution in [0.4, 0.5) is 10.5 Å². The number of carbonyl (C=O) groups is 1. The maximum absolute atomic E-state index is 13.6. The molecule has 1 aliphatic heterocycles. The molecule has 1 amide bonds. The Hall–Kier alpha value is -4.99. The molecule has 0 unspecified atom stereocenters. The lowest BCUT2D eigenvalue weighted by Crippen LogP contribution is -2.42. The average Bonchev–Trinajstić information content (AvgIpc) is 3.48. The first-order valence-electron chi connectivity index (χ1n) is 17.5. The van der Waals surface area contributed by atoms with Gasteiger partial charge in [-0.05, 0) is 53.1 Å². The van der Waals surface area contributed by atoms with E-state index >= 15 is 0 Å². The zero-order valence-corrected chi connectivity index (χ0v) is 32.6. The fourth-order valence-corrected chi connectivity index (χ4v) is 8.33. The van der Waals surface area contributed by atoms with E-state index in [0.29, 0.717) is 17.2 Å².